The third kappa shape index (κ3) is 2.23. The van der Waals surface area contributed by atoms with Crippen LogP contribution < -0.4 is 5.32 Å². The third-order valence-electron chi connectivity index (χ3n) is 4.49. The second-order valence-corrected chi connectivity index (χ2v) is 5.62. The number of carbonyl (C=O) groups excluding carboxylic acids is 1. The van der Waals surface area contributed by atoms with E-state index < -0.39 is 5.97 Å². The zero-order valence-corrected chi connectivity index (χ0v) is 10.6. The summed E-state index contributed by atoms with van der Waals surface area (Å²) in [5.41, 5.74) is 0.557. The summed E-state index contributed by atoms with van der Waals surface area (Å²) in [5.74, 6) is 0.253. The molecule has 2 aliphatic carbocycles. The molecule has 0 radical (unpaired) electrons. The number of carbonyl (C=O) groups is 2. The molecule has 4 heteroatoms. The molecule has 1 amide bonds. The zero-order valence-electron chi connectivity index (χ0n) is 10.6. The Morgan fingerprint density at radius 1 is 1.16 bits per heavy atom. The number of aromatic carboxylic acids is 1. The molecule has 100 valence electrons. The van der Waals surface area contributed by atoms with Crippen molar-refractivity contribution in [2.75, 3.05) is 5.32 Å². The maximum absolute atomic E-state index is 12.3. The zero-order chi connectivity index (χ0) is 13.4. The third-order valence-corrected chi connectivity index (χ3v) is 4.49. The first-order valence-corrected chi connectivity index (χ1v) is 6.78. The van der Waals surface area contributed by atoms with E-state index in [0.29, 0.717) is 17.5 Å². The predicted molar refractivity (Wildman–Crippen MR) is 71.0 cm³/mol. The van der Waals surface area contributed by atoms with Crippen LogP contribution in [0, 0.1) is 17.8 Å². The van der Waals surface area contributed by atoms with E-state index in [1.165, 1.54) is 18.9 Å². The summed E-state index contributed by atoms with van der Waals surface area (Å²) in [5, 5.41) is 11.9. The molecule has 3 atom stereocenters. The summed E-state index contributed by atoms with van der Waals surface area (Å²) >= 11 is 0. The van der Waals surface area contributed by atoms with Crippen molar-refractivity contribution in [2.24, 2.45) is 17.8 Å². The lowest BCUT2D eigenvalue weighted by atomic mass is 9.88. The van der Waals surface area contributed by atoms with E-state index in [1.54, 1.807) is 18.2 Å². The summed E-state index contributed by atoms with van der Waals surface area (Å²) in [6, 6.07) is 6.56. The highest BCUT2D eigenvalue weighted by Crippen LogP contribution is 2.48. The van der Waals surface area contributed by atoms with Crippen LogP contribution in [0.5, 0.6) is 0 Å². The largest absolute Gasteiger partial charge is 0.478 e. The Balaban J connectivity index is 1.75. The van der Waals surface area contributed by atoms with Gasteiger partial charge in [0, 0.05) is 5.92 Å². The van der Waals surface area contributed by atoms with Crippen molar-refractivity contribution in [3.8, 4) is 0 Å². The molecule has 2 fully saturated rings. The standard InChI is InChI=1S/C15H17NO3/c17-14(12-8-9-5-6-10(12)7-9)16-13-4-2-1-3-11(13)15(18)19/h1-4,9-10,12H,5-8H2,(H,16,17)(H,18,19). The van der Waals surface area contributed by atoms with Crippen molar-refractivity contribution in [1.29, 1.82) is 0 Å². The Kier molecular flexibility index (Phi) is 3.01. The second kappa shape index (κ2) is 4.68. The number of fused-ring (bicyclic) bond motifs is 2. The fourth-order valence-electron chi connectivity index (χ4n) is 3.57. The van der Waals surface area contributed by atoms with Gasteiger partial charge >= 0.3 is 5.97 Å². The highest BCUT2D eigenvalue weighted by atomic mass is 16.4. The maximum Gasteiger partial charge on any atom is 0.337 e. The summed E-state index contributed by atoms with van der Waals surface area (Å²) in [6.07, 6.45) is 4.52. The minimum Gasteiger partial charge on any atom is -0.478 e. The summed E-state index contributed by atoms with van der Waals surface area (Å²) in [7, 11) is 0. The summed E-state index contributed by atoms with van der Waals surface area (Å²) in [4.78, 5) is 23.4. The van der Waals surface area contributed by atoms with E-state index in [-0.39, 0.29) is 17.4 Å². The van der Waals surface area contributed by atoms with Crippen LogP contribution in [0.1, 0.15) is 36.0 Å². The molecule has 2 saturated carbocycles. The molecule has 3 rings (SSSR count). The van der Waals surface area contributed by atoms with Crippen molar-refractivity contribution in [3.63, 3.8) is 0 Å². The number of carboxylic acid groups (broad SMARTS) is 1. The lowest BCUT2D eigenvalue weighted by Crippen LogP contribution is -2.27. The number of carboxylic acids is 1. The molecule has 1 aromatic rings. The fraction of sp³-hybridized carbons (Fsp3) is 0.467. The van der Waals surface area contributed by atoms with E-state index >= 15 is 0 Å². The number of para-hydroxylation sites is 1. The van der Waals surface area contributed by atoms with Gasteiger partial charge in [-0.2, -0.15) is 0 Å². The minimum atomic E-state index is -1.01. The average molecular weight is 259 g/mol. The molecule has 0 aromatic heterocycles. The van der Waals surface area contributed by atoms with Gasteiger partial charge in [-0.1, -0.05) is 18.6 Å². The molecule has 3 unspecified atom stereocenters. The molecule has 2 N–H and O–H groups in total. The molecule has 2 aliphatic rings. The topological polar surface area (TPSA) is 66.4 Å². The van der Waals surface area contributed by atoms with E-state index in [9.17, 15) is 9.59 Å². The molecule has 19 heavy (non-hydrogen) atoms. The average Bonchev–Trinajstić information content (AvgIpc) is 3.01. The van der Waals surface area contributed by atoms with Gasteiger partial charge < -0.3 is 10.4 Å². The second-order valence-electron chi connectivity index (χ2n) is 5.62. The maximum atomic E-state index is 12.3. The highest BCUT2D eigenvalue weighted by molar-refractivity contribution is 6.01. The number of amides is 1. The minimum absolute atomic E-state index is 0.0131. The van der Waals surface area contributed by atoms with Crippen LogP contribution >= 0.6 is 0 Å². The Bertz CT molecular complexity index is 526. The van der Waals surface area contributed by atoms with E-state index in [2.05, 4.69) is 5.32 Å². The van der Waals surface area contributed by atoms with E-state index in [4.69, 9.17) is 5.11 Å². The van der Waals surface area contributed by atoms with Gasteiger partial charge in [0.15, 0.2) is 0 Å². The van der Waals surface area contributed by atoms with Crippen LogP contribution in [-0.4, -0.2) is 17.0 Å². The first-order chi connectivity index (χ1) is 9.15. The Morgan fingerprint density at radius 2 is 1.95 bits per heavy atom. The fourth-order valence-corrected chi connectivity index (χ4v) is 3.57. The van der Waals surface area contributed by atoms with Gasteiger partial charge in [0.2, 0.25) is 5.91 Å². The lowest BCUT2D eigenvalue weighted by Gasteiger charge is -2.21. The first-order valence-electron chi connectivity index (χ1n) is 6.78. The van der Waals surface area contributed by atoms with Crippen molar-refractivity contribution in [2.45, 2.75) is 25.7 Å². The van der Waals surface area contributed by atoms with Gasteiger partial charge in [0.05, 0.1) is 11.3 Å². The molecule has 0 heterocycles. The molecule has 0 aliphatic heterocycles. The van der Waals surface area contributed by atoms with Crippen LogP contribution in [-0.2, 0) is 4.79 Å². The number of benzene rings is 1. The first kappa shape index (κ1) is 12.2. The smallest absolute Gasteiger partial charge is 0.337 e. The molecule has 2 bridgehead atoms. The van der Waals surface area contributed by atoms with Crippen molar-refractivity contribution >= 4 is 17.6 Å². The van der Waals surface area contributed by atoms with Gasteiger partial charge in [0.1, 0.15) is 0 Å². The number of anilines is 1. The van der Waals surface area contributed by atoms with Gasteiger partial charge in [-0.25, -0.2) is 4.79 Å². The SMILES string of the molecule is O=C(O)c1ccccc1NC(=O)C1CC2CCC1C2. The molecular weight excluding hydrogens is 242 g/mol. The molecule has 4 nitrogen and oxygen atoms in total. The molecule has 0 spiro atoms. The Morgan fingerprint density at radius 3 is 2.58 bits per heavy atom. The Labute approximate surface area is 111 Å². The van der Waals surface area contributed by atoms with Crippen LogP contribution in [0.25, 0.3) is 0 Å². The highest BCUT2D eigenvalue weighted by Gasteiger charge is 2.43. The number of hydrogen-bond acceptors (Lipinski definition) is 2. The quantitative estimate of drug-likeness (QED) is 0.877. The van der Waals surface area contributed by atoms with Crippen LogP contribution in [0.4, 0.5) is 5.69 Å². The summed E-state index contributed by atoms with van der Waals surface area (Å²) < 4.78 is 0. The van der Waals surface area contributed by atoms with Gasteiger partial charge in [-0.3, -0.25) is 4.79 Å². The van der Waals surface area contributed by atoms with Crippen molar-refractivity contribution in [3.05, 3.63) is 29.8 Å². The van der Waals surface area contributed by atoms with Crippen molar-refractivity contribution < 1.29 is 14.7 Å². The number of rotatable bonds is 3. The summed E-state index contributed by atoms with van der Waals surface area (Å²) in [6.45, 7) is 0. The van der Waals surface area contributed by atoms with Gasteiger partial charge in [-0.15, -0.1) is 0 Å². The van der Waals surface area contributed by atoms with E-state index in [0.717, 1.165) is 12.8 Å². The predicted octanol–water partition coefficient (Wildman–Crippen LogP) is 2.76. The van der Waals surface area contributed by atoms with Gasteiger partial charge in [-0.05, 0) is 43.2 Å². The normalized spacial score (nSPS) is 28.3. The molecule has 0 saturated heterocycles. The molecule has 1 aromatic carbocycles. The number of nitrogens with one attached hydrogen (secondary N) is 1. The Hall–Kier alpha value is -1.84. The van der Waals surface area contributed by atoms with E-state index in [1.807, 2.05) is 0 Å². The van der Waals surface area contributed by atoms with Gasteiger partial charge in [0.25, 0.3) is 0 Å². The van der Waals surface area contributed by atoms with Crippen LogP contribution in [0.3, 0.4) is 0 Å². The van der Waals surface area contributed by atoms with Crippen molar-refractivity contribution in [1.82, 2.24) is 0 Å². The number of hydrogen-bond donors (Lipinski definition) is 2. The van der Waals surface area contributed by atoms with Crippen LogP contribution in [0.2, 0.25) is 0 Å². The monoisotopic (exact) mass is 259 g/mol. The van der Waals surface area contributed by atoms with Crippen LogP contribution in [0.15, 0.2) is 24.3 Å². The lowest BCUT2D eigenvalue weighted by molar-refractivity contribution is -0.121. The molecular formula is C15H17NO3.